The SMILES string of the molecule is CCn1c(=O)cc(OCC(=O)NCC2(c3ccccc3)CCCC2)c2ccccc21. The highest BCUT2D eigenvalue weighted by molar-refractivity contribution is 5.86. The van der Waals surface area contributed by atoms with Gasteiger partial charge in [0.2, 0.25) is 0 Å². The van der Waals surface area contributed by atoms with Gasteiger partial charge in [0.15, 0.2) is 6.61 Å². The van der Waals surface area contributed by atoms with E-state index in [-0.39, 0.29) is 23.5 Å². The van der Waals surface area contributed by atoms with E-state index in [1.54, 1.807) is 4.57 Å². The predicted octanol–water partition coefficient (Wildman–Crippen LogP) is 4.03. The molecule has 3 aromatic rings. The molecule has 1 amide bonds. The number of hydrogen-bond donors (Lipinski definition) is 1. The molecule has 1 saturated carbocycles. The molecule has 0 saturated heterocycles. The van der Waals surface area contributed by atoms with Gasteiger partial charge < -0.3 is 14.6 Å². The fourth-order valence-corrected chi connectivity index (χ4v) is 4.62. The predicted molar refractivity (Wildman–Crippen MR) is 119 cm³/mol. The summed E-state index contributed by atoms with van der Waals surface area (Å²) in [5.74, 6) is 0.287. The molecule has 5 heteroatoms. The molecule has 1 aromatic heterocycles. The Morgan fingerprint density at radius 1 is 1.07 bits per heavy atom. The molecule has 0 radical (unpaired) electrons. The minimum atomic E-state index is -0.166. The van der Waals surface area contributed by atoms with Crippen LogP contribution in [0.3, 0.4) is 0 Å². The summed E-state index contributed by atoms with van der Waals surface area (Å²) in [5.41, 5.74) is 1.99. The molecule has 1 N–H and O–H groups in total. The lowest BCUT2D eigenvalue weighted by molar-refractivity contribution is -0.123. The van der Waals surface area contributed by atoms with Gasteiger partial charge in [0.25, 0.3) is 11.5 Å². The molecule has 0 atom stereocenters. The molecule has 1 aliphatic rings. The van der Waals surface area contributed by atoms with Crippen molar-refractivity contribution in [3.8, 4) is 5.75 Å². The number of nitrogens with one attached hydrogen (secondary N) is 1. The molecule has 0 spiro atoms. The molecule has 5 nitrogen and oxygen atoms in total. The molecule has 30 heavy (non-hydrogen) atoms. The number of carbonyl (C=O) groups is 1. The largest absolute Gasteiger partial charge is 0.483 e. The van der Waals surface area contributed by atoms with Gasteiger partial charge in [-0.25, -0.2) is 0 Å². The zero-order valence-corrected chi connectivity index (χ0v) is 17.4. The van der Waals surface area contributed by atoms with Crippen LogP contribution < -0.4 is 15.6 Å². The first-order chi connectivity index (χ1) is 14.6. The van der Waals surface area contributed by atoms with E-state index in [2.05, 4.69) is 29.6 Å². The topological polar surface area (TPSA) is 60.3 Å². The maximum absolute atomic E-state index is 12.6. The van der Waals surface area contributed by atoms with Crippen molar-refractivity contribution in [2.75, 3.05) is 13.2 Å². The van der Waals surface area contributed by atoms with Gasteiger partial charge >= 0.3 is 0 Å². The van der Waals surface area contributed by atoms with E-state index >= 15 is 0 Å². The summed E-state index contributed by atoms with van der Waals surface area (Å²) >= 11 is 0. The van der Waals surface area contributed by atoms with Crippen LogP contribution in [0.25, 0.3) is 10.9 Å². The Morgan fingerprint density at radius 3 is 2.50 bits per heavy atom. The Labute approximate surface area is 176 Å². The number of aryl methyl sites for hydroxylation is 1. The molecule has 4 rings (SSSR count). The van der Waals surface area contributed by atoms with Crippen molar-refractivity contribution in [2.45, 2.75) is 44.6 Å². The van der Waals surface area contributed by atoms with Crippen molar-refractivity contribution in [2.24, 2.45) is 0 Å². The normalized spacial score (nSPS) is 15.2. The second-order valence-corrected chi connectivity index (χ2v) is 8.03. The Balaban J connectivity index is 1.45. The smallest absolute Gasteiger partial charge is 0.257 e. The Hall–Kier alpha value is -3.08. The Morgan fingerprint density at radius 2 is 1.77 bits per heavy atom. The minimum absolute atomic E-state index is 0.00518. The first-order valence-corrected chi connectivity index (χ1v) is 10.7. The first-order valence-electron chi connectivity index (χ1n) is 10.7. The third-order valence-corrected chi connectivity index (χ3v) is 6.23. The number of benzene rings is 2. The number of aromatic nitrogens is 1. The van der Waals surface area contributed by atoms with Crippen molar-refractivity contribution in [1.82, 2.24) is 9.88 Å². The van der Waals surface area contributed by atoms with Crippen LogP contribution in [0.2, 0.25) is 0 Å². The fraction of sp³-hybridized carbons (Fsp3) is 0.360. The van der Waals surface area contributed by atoms with Gasteiger partial charge in [0, 0.05) is 30.0 Å². The monoisotopic (exact) mass is 404 g/mol. The fourth-order valence-electron chi connectivity index (χ4n) is 4.62. The van der Waals surface area contributed by atoms with E-state index in [0.29, 0.717) is 18.8 Å². The van der Waals surface area contributed by atoms with E-state index in [1.165, 1.54) is 24.5 Å². The number of hydrogen-bond acceptors (Lipinski definition) is 3. The van der Waals surface area contributed by atoms with Crippen LogP contribution in [0.5, 0.6) is 5.75 Å². The zero-order valence-electron chi connectivity index (χ0n) is 17.4. The lowest BCUT2D eigenvalue weighted by Crippen LogP contribution is -2.40. The number of ether oxygens (including phenoxy) is 1. The van der Waals surface area contributed by atoms with Crippen LogP contribution in [0.15, 0.2) is 65.5 Å². The first kappa shape index (κ1) is 20.2. The molecule has 0 aliphatic heterocycles. The third kappa shape index (κ3) is 3.97. The van der Waals surface area contributed by atoms with Crippen LogP contribution in [0.4, 0.5) is 0 Å². The van der Waals surface area contributed by atoms with Crippen molar-refractivity contribution < 1.29 is 9.53 Å². The summed E-state index contributed by atoms with van der Waals surface area (Å²) in [6, 6.07) is 19.5. The molecular weight excluding hydrogens is 376 g/mol. The second-order valence-electron chi connectivity index (χ2n) is 8.03. The molecule has 1 heterocycles. The Bertz CT molecular complexity index is 1080. The average molecular weight is 405 g/mol. The van der Waals surface area contributed by atoms with Crippen molar-refractivity contribution >= 4 is 16.8 Å². The van der Waals surface area contributed by atoms with Crippen molar-refractivity contribution in [3.63, 3.8) is 0 Å². The van der Waals surface area contributed by atoms with Gasteiger partial charge in [-0.1, -0.05) is 55.3 Å². The van der Waals surface area contributed by atoms with Gasteiger partial charge in [-0.3, -0.25) is 9.59 Å². The van der Waals surface area contributed by atoms with E-state index in [1.807, 2.05) is 37.3 Å². The number of amides is 1. The van der Waals surface area contributed by atoms with Gasteiger partial charge in [0.1, 0.15) is 5.75 Å². The quantitative estimate of drug-likeness (QED) is 0.647. The van der Waals surface area contributed by atoms with Crippen LogP contribution in [-0.4, -0.2) is 23.6 Å². The highest BCUT2D eigenvalue weighted by Crippen LogP contribution is 2.40. The van der Waals surface area contributed by atoms with E-state index in [0.717, 1.165) is 23.7 Å². The molecule has 0 unspecified atom stereocenters. The number of rotatable bonds is 7. The maximum atomic E-state index is 12.6. The van der Waals surface area contributed by atoms with Crippen LogP contribution >= 0.6 is 0 Å². The molecular formula is C25H28N2O3. The number of para-hydroxylation sites is 1. The molecule has 1 aliphatic carbocycles. The lowest BCUT2D eigenvalue weighted by atomic mass is 9.79. The lowest BCUT2D eigenvalue weighted by Gasteiger charge is -2.30. The summed E-state index contributed by atoms with van der Waals surface area (Å²) < 4.78 is 7.49. The number of pyridine rings is 1. The number of nitrogens with zero attached hydrogens (tertiary/aromatic N) is 1. The average Bonchev–Trinajstić information content (AvgIpc) is 3.27. The van der Waals surface area contributed by atoms with Crippen molar-refractivity contribution in [3.05, 3.63) is 76.6 Å². The summed E-state index contributed by atoms with van der Waals surface area (Å²) in [7, 11) is 0. The van der Waals surface area contributed by atoms with Crippen molar-refractivity contribution in [1.29, 1.82) is 0 Å². The minimum Gasteiger partial charge on any atom is -0.483 e. The number of fused-ring (bicyclic) bond motifs is 1. The summed E-state index contributed by atoms with van der Waals surface area (Å²) in [4.78, 5) is 25.0. The second kappa shape index (κ2) is 8.74. The maximum Gasteiger partial charge on any atom is 0.257 e. The van der Waals surface area contributed by atoms with Crippen LogP contribution in [0.1, 0.15) is 38.2 Å². The van der Waals surface area contributed by atoms with Gasteiger partial charge in [-0.15, -0.1) is 0 Å². The van der Waals surface area contributed by atoms with Gasteiger partial charge in [-0.2, -0.15) is 0 Å². The molecule has 156 valence electrons. The molecule has 1 fully saturated rings. The van der Waals surface area contributed by atoms with E-state index in [9.17, 15) is 9.59 Å². The number of carbonyl (C=O) groups excluding carboxylic acids is 1. The zero-order chi connectivity index (χ0) is 21.0. The van der Waals surface area contributed by atoms with Crippen LogP contribution in [-0.2, 0) is 16.8 Å². The van der Waals surface area contributed by atoms with Gasteiger partial charge in [-0.05, 0) is 37.5 Å². The summed E-state index contributed by atoms with van der Waals surface area (Å²) in [6.07, 6.45) is 4.53. The molecule has 0 bridgehead atoms. The third-order valence-electron chi connectivity index (χ3n) is 6.23. The van der Waals surface area contributed by atoms with E-state index in [4.69, 9.17) is 4.74 Å². The summed E-state index contributed by atoms with van der Waals surface area (Å²) in [5, 5.41) is 3.91. The van der Waals surface area contributed by atoms with Crippen LogP contribution in [0, 0.1) is 0 Å². The van der Waals surface area contributed by atoms with Gasteiger partial charge in [0.05, 0.1) is 5.52 Å². The summed E-state index contributed by atoms with van der Waals surface area (Å²) in [6.45, 7) is 3.02. The highest BCUT2D eigenvalue weighted by Gasteiger charge is 2.35. The van der Waals surface area contributed by atoms with E-state index < -0.39 is 0 Å². The standard InChI is InChI=1S/C25H28N2O3/c1-2-27-21-13-7-6-12-20(21)22(16-24(27)29)30-17-23(28)26-18-25(14-8-9-15-25)19-10-4-3-5-11-19/h3-7,10-13,16H,2,8-9,14-15,17-18H2,1H3,(H,26,28). The Kier molecular flexibility index (Phi) is 5.88. The molecule has 2 aromatic carbocycles. The highest BCUT2D eigenvalue weighted by atomic mass is 16.5.